The number of rotatable bonds is 6. The minimum absolute atomic E-state index is 0.0790. The standard InChI is InChI=1S/C18H18N4O4/c1-13-17(20-22(19-13)14-7-4-3-5-8-14)18(24)26-12-16(23)21(2)11-15-9-6-10-25-15/h3-10H,11-12H2,1-2H3. The largest absolute Gasteiger partial charge is 0.467 e. The van der Waals surface area contributed by atoms with Gasteiger partial charge in [-0.05, 0) is 31.2 Å². The minimum Gasteiger partial charge on any atom is -0.467 e. The molecule has 3 aromatic rings. The van der Waals surface area contributed by atoms with Gasteiger partial charge in [-0.3, -0.25) is 4.79 Å². The second kappa shape index (κ2) is 7.64. The highest BCUT2D eigenvalue weighted by Gasteiger charge is 2.20. The summed E-state index contributed by atoms with van der Waals surface area (Å²) in [5, 5.41) is 8.37. The van der Waals surface area contributed by atoms with Gasteiger partial charge in [-0.1, -0.05) is 18.2 Å². The predicted molar refractivity (Wildman–Crippen MR) is 91.6 cm³/mol. The van der Waals surface area contributed by atoms with Gasteiger partial charge in [0.05, 0.1) is 24.2 Å². The van der Waals surface area contributed by atoms with Crippen molar-refractivity contribution >= 4 is 11.9 Å². The Morgan fingerprint density at radius 2 is 1.92 bits per heavy atom. The van der Waals surface area contributed by atoms with Crippen LogP contribution >= 0.6 is 0 Å². The van der Waals surface area contributed by atoms with Crippen LogP contribution < -0.4 is 0 Å². The molecule has 0 bridgehead atoms. The van der Waals surface area contributed by atoms with Gasteiger partial charge in [0.25, 0.3) is 5.91 Å². The number of ether oxygens (including phenoxy) is 1. The first-order valence-corrected chi connectivity index (χ1v) is 7.97. The number of likely N-dealkylation sites (N-methyl/N-ethyl adjacent to an activating group) is 1. The van der Waals surface area contributed by atoms with E-state index in [1.165, 1.54) is 16.0 Å². The van der Waals surface area contributed by atoms with E-state index in [9.17, 15) is 9.59 Å². The lowest BCUT2D eigenvalue weighted by Crippen LogP contribution is -2.30. The number of aryl methyl sites for hydroxylation is 1. The number of furan rings is 1. The predicted octanol–water partition coefficient (Wildman–Crippen LogP) is 1.98. The molecule has 0 aliphatic rings. The van der Waals surface area contributed by atoms with Crippen molar-refractivity contribution in [2.24, 2.45) is 0 Å². The van der Waals surface area contributed by atoms with Crippen LogP contribution in [0, 0.1) is 6.92 Å². The van der Waals surface area contributed by atoms with E-state index >= 15 is 0 Å². The summed E-state index contributed by atoms with van der Waals surface area (Å²) in [6.07, 6.45) is 1.53. The van der Waals surface area contributed by atoms with E-state index < -0.39 is 5.97 Å². The normalized spacial score (nSPS) is 10.5. The van der Waals surface area contributed by atoms with Crippen LogP contribution in [0.15, 0.2) is 53.1 Å². The summed E-state index contributed by atoms with van der Waals surface area (Å²) >= 11 is 0. The number of hydrogen-bond donors (Lipinski definition) is 0. The smallest absolute Gasteiger partial charge is 0.361 e. The topological polar surface area (TPSA) is 90.5 Å². The summed E-state index contributed by atoms with van der Waals surface area (Å²) in [7, 11) is 1.61. The Hall–Kier alpha value is -3.42. The molecule has 0 fully saturated rings. The number of carbonyl (C=O) groups excluding carboxylic acids is 2. The van der Waals surface area contributed by atoms with Crippen LogP contribution in [-0.2, 0) is 16.1 Å². The van der Waals surface area contributed by atoms with Crippen molar-refractivity contribution in [2.75, 3.05) is 13.7 Å². The summed E-state index contributed by atoms with van der Waals surface area (Å²) in [6.45, 7) is 1.58. The number of para-hydroxylation sites is 1. The fraction of sp³-hybridized carbons (Fsp3) is 0.222. The molecule has 0 saturated heterocycles. The van der Waals surface area contributed by atoms with Crippen molar-refractivity contribution < 1.29 is 18.7 Å². The minimum atomic E-state index is -0.690. The molecule has 0 aliphatic heterocycles. The maximum absolute atomic E-state index is 12.2. The summed E-state index contributed by atoms with van der Waals surface area (Å²) in [5.41, 5.74) is 1.23. The highest BCUT2D eigenvalue weighted by Crippen LogP contribution is 2.10. The first-order valence-electron chi connectivity index (χ1n) is 7.97. The highest BCUT2D eigenvalue weighted by atomic mass is 16.5. The van der Waals surface area contributed by atoms with Crippen LogP contribution in [-0.4, -0.2) is 45.4 Å². The molecule has 0 atom stereocenters. The molecule has 2 aromatic heterocycles. The number of amides is 1. The van der Waals surface area contributed by atoms with Crippen LogP contribution in [0.25, 0.3) is 5.69 Å². The Bertz CT molecular complexity index is 887. The maximum Gasteiger partial charge on any atom is 0.361 e. The van der Waals surface area contributed by atoms with Crippen LogP contribution in [0.4, 0.5) is 0 Å². The third-order valence-electron chi connectivity index (χ3n) is 3.69. The third-order valence-corrected chi connectivity index (χ3v) is 3.69. The quantitative estimate of drug-likeness (QED) is 0.629. The summed E-state index contributed by atoms with van der Waals surface area (Å²) in [5.74, 6) is -0.388. The van der Waals surface area contributed by atoms with E-state index in [1.54, 1.807) is 26.1 Å². The lowest BCUT2D eigenvalue weighted by atomic mass is 10.3. The zero-order chi connectivity index (χ0) is 18.5. The number of benzene rings is 1. The first kappa shape index (κ1) is 17.4. The van der Waals surface area contributed by atoms with E-state index in [0.717, 1.165) is 5.69 Å². The van der Waals surface area contributed by atoms with Gasteiger partial charge < -0.3 is 14.1 Å². The van der Waals surface area contributed by atoms with Gasteiger partial charge in [0, 0.05) is 7.05 Å². The molecular formula is C18H18N4O4. The molecule has 0 aliphatic carbocycles. The molecule has 0 spiro atoms. The lowest BCUT2D eigenvalue weighted by Gasteiger charge is -2.15. The molecule has 26 heavy (non-hydrogen) atoms. The summed E-state index contributed by atoms with van der Waals surface area (Å²) in [6, 6.07) is 12.7. The number of nitrogens with zero attached hydrogens (tertiary/aromatic N) is 4. The molecule has 8 heteroatoms. The average Bonchev–Trinajstić information content (AvgIpc) is 3.29. The van der Waals surface area contributed by atoms with E-state index in [1.807, 2.05) is 30.3 Å². The number of carbonyl (C=O) groups is 2. The number of esters is 1. The molecule has 2 heterocycles. The lowest BCUT2D eigenvalue weighted by molar-refractivity contribution is -0.134. The number of hydrogen-bond acceptors (Lipinski definition) is 6. The zero-order valence-electron chi connectivity index (χ0n) is 14.5. The molecule has 0 N–H and O–H groups in total. The van der Waals surface area contributed by atoms with Gasteiger partial charge in [-0.15, -0.1) is 5.10 Å². The van der Waals surface area contributed by atoms with Crippen LogP contribution in [0.1, 0.15) is 21.9 Å². The Balaban J connectivity index is 1.60. The van der Waals surface area contributed by atoms with Crippen molar-refractivity contribution in [1.82, 2.24) is 19.9 Å². The average molecular weight is 354 g/mol. The van der Waals surface area contributed by atoms with Crippen molar-refractivity contribution in [1.29, 1.82) is 0 Å². The van der Waals surface area contributed by atoms with E-state index in [-0.39, 0.29) is 18.2 Å². The van der Waals surface area contributed by atoms with E-state index in [4.69, 9.17) is 9.15 Å². The second-order valence-corrected chi connectivity index (χ2v) is 5.66. The Kier molecular flexibility index (Phi) is 5.12. The van der Waals surface area contributed by atoms with Crippen molar-refractivity contribution in [3.63, 3.8) is 0 Å². The van der Waals surface area contributed by atoms with Crippen molar-refractivity contribution in [3.05, 3.63) is 65.9 Å². The van der Waals surface area contributed by atoms with Crippen molar-refractivity contribution in [3.8, 4) is 5.69 Å². The third kappa shape index (κ3) is 3.97. The highest BCUT2D eigenvalue weighted by molar-refractivity contribution is 5.90. The SMILES string of the molecule is Cc1nn(-c2ccccc2)nc1C(=O)OCC(=O)N(C)Cc1ccco1. The van der Waals surface area contributed by atoms with E-state index in [0.29, 0.717) is 18.0 Å². The number of aromatic nitrogens is 3. The van der Waals surface area contributed by atoms with Gasteiger partial charge >= 0.3 is 5.97 Å². The van der Waals surface area contributed by atoms with Gasteiger partial charge in [0.2, 0.25) is 0 Å². The molecule has 1 aromatic carbocycles. The molecule has 8 nitrogen and oxygen atoms in total. The van der Waals surface area contributed by atoms with Gasteiger partial charge in [-0.2, -0.15) is 9.90 Å². The molecule has 134 valence electrons. The summed E-state index contributed by atoms with van der Waals surface area (Å²) in [4.78, 5) is 27.1. The molecular weight excluding hydrogens is 336 g/mol. The fourth-order valence-electron chi connectivity index (χ4n) is 2.27. The van der Waals surface area contributed by atoms with Gasteiger partial charge in [0.1, 0.15) is 5.76 Å². The van der Waals surface area contributed by atoms with Crippen LogP contribution in [0.3, 0.4) is 0 Å². The fourth-order valence-corrected chi connectivity index (χ4v) is 2.27. The summed E-state index contributed by atoms with van der Waals surface area (Å²) < 4.78 is 10.3. The van der Waals surface area contributed by atoms with Crippen molar-refractivity contribution in [2.45, 2.75) is 13.5 Å². The molecule has 3 rings (SSSR count). The zero-order valence-corrected chi connectivity index (χ0v) is 14.5. The molecule has 1 amide bonds. The van der Waals surface area contributed by atoms with Crippen LogP contribution in [0.2, 0.25) is 0 Å². The van der Waals surface area contributed by atoms with Gasteiger partial charge in [0.15, 0.2) is 12.3 Å². The first-order chi connectivity index (χ1) is 12.5. The van der Waals surface area contributed by atoms with E-state index in [2.05, 4.69) is 10.2 Å². The van der Waals surface area contributed by atoms with Crippen LogP contribution in [0.5, 0.6) is 0 Å². The van der Waals surface area contributed by atoms with Gasteiger partial charge in [-0.25, -0.2) is 4.79 Å². The molecule has 0 saturated carbocycles. The Morgan fingerprint density at radius 3 is 2.62 bits per heavy atom. The Labute approximate surface area is 150 Å². The Morgan fingerprint density at radius 1 is 1.15 bits per heavy atom. The maximum atomic E-state index is 12.2. The second-order valence-electron chi connectivity index (χ2n) is 5.66. The molecule has 0 radical (unpaired) electrons. The monoisotopic (exact) mass is 354 g/mol. The molecule has 0 unspecified atom stereocenters.